The Hall–Kier alpha value is -2.78. The molecule has 2 aromatic rings. The molecule has 0 saturated heterocycles. The summed E-state index contributed by atoms with van der Waals surface area (Å²) in [5.41, 5.74) is 1.10. The highest BCUT2D eigenvalue weighted by atomic mass is 16.7. The molecule has 1 aliphatic rings. The molecule has 1 aromatic heterocycles. The number of benzene rings is 1. The molecule has 162 valence electrons. The Morgan fingerprint density at radius 2 is 1.87 bits per heavy atom. The van der Waals surface area contributed by atoms with E-state index in [9.17, 15) is 9.59 Å². The zero-order valence-electron chi connectivity index (χ0n) is 17.4. The molecule has 2 amide bonds. The third kappa shape index (κ3) is 6.64. The molecule has 0 bridgehead atoms. The molecule has 1 saturated carbocycles. The van der Waals surface area contributed by atoms with E-state index in [1.54, 1.807) is 0 Å². The van der Waals surface area contributed by atoms with Gasteiger partial charge in [0, 0.05) is 25.7 Å². The van der Waals surface area contributed by atoms with Gasteiger partial charge in [-0.1, -0.05) is 35.5 Å². The second-order valence-electron chi connectivity index (χ2n) is 7.16. The third-order valence-corrected chi connectivity index (χ3v) is 4.64. The number of carbonyl (C=O) groups is 2. The van der Waals surface area contributed by atoms with Crippen LogP contribution in [0.3, 0.4) is 0 Å². The first-order valence-electron chi connectivity index (χ1n) is 10.4. The molecule has 0 aliphatic heterocycles. The second-order valence-corrected chi connectivity index (χ2v) is 7.16. The average Bonchev–Trinajstić information content (AvgIpc) is 3.43. The molecule has 1 fully saturated rings. The number of amides is 2. The van der Waals surface area contributed by atoms with Crippen LogP contribution in [0, 0.1) is 0 Å². The van der Waals surface area contributed by atoms with Crippen LogP contribution in [0.4, 0.5) is 0 Å². The molecule has 30 heavy (non-hydrogen) atoms. The Kier molecular flexibility index (Phi) is 7.92. The number of nitrogens with zero attached hydrogens (tertiary/aromatic N) is 3. The van der Waals surface area contributed by atoms with E-state index in [2.05, 4.69) is 20.9 Å². The fraction of sp³-hybridized carbons (Fsp3) is 0.524. The predicted molar refractivity (Wildman–Crippen MR) is 110 cm³/mol. The van der Waals surface area contributed by atoms with E-state index >= 15 is 0 Å². The maximum absolute atomic E-state index is 12.7. The Bertz CT molecular complexity index is 816. The van der Waals surface area contributed by atoms with E-state index in [0.29, 0.717) is 26.2 Å². The summed E-state index contributed by atoms with van der Waals surface area (Å²) in [5.74, 6) is -0.632. The van der Waals surface area contributed by atoms with Crippen LogP contribution in [-0.2, 0) is 27.2 Å². The lowest BCUT2D eigenvalue weighted by Gasteiger charge is -2.18. The fourth-order valence-electron chi connectivity index (χ4n) is 2.99. The number of hydrogen-bond acceptors (Lipinski definition) is 6. The lowest BCUT2D eigenvalue weighted by atomic mass is 10.0. The van der Waals surface area contributed by atoms with E-state index in [1.807, 2.05) is 44.2 Å². The predicted octanol–water partition coefficient (Wildman–Crippen LogP) is 1.30. The van der Waals surface area contributed by atoms with Crippen molar-refractivity contribution in [1.82, 2.24) is 25.6 Å². The standard InChI is InChI=1S/C21H29N5O4/c1-3-29-19(30-4-2)14-26-13-18(24-25-26)21(28)23-17(20(27)22-16-10-11-16)12-15-8-6-5-7-9-15/h5-9,13,16-17,19H,3-4,10-12,14H2,1-2H3,(H,22,27)(H,23,28). The van der Waals surface area contributed by atoms with Crippen molar-refractivity contribution in [3.63, 3.8) is 0 Å². The maximum Gasteiger partial charge on any atom is 0.274 e. The summed E-state index contributed by atoms with van der Waals surface area (Å²) in [7, 11) is 0. The molecule has 0 radical (unpaired) electrons. The minimum atomic E-state index is -0.690. The smallest absolute Gasteiger partial charge is 0.274 e. The first-order valence-corrected chi connectivity index (χ1v) is 10.4. The van der Waals surface area contributed by atoms with E-state index in [-0.39, 0.29) is 17.6 Å². The highest BCUT2D eigenvalue weighted by Crippen LogP contribution is 2.19. The van der Waals surface area contributed by atoms with Crippen molar-refractivity contribution in [3.05, 3.63) is 47.8 Å². The van der Waals surface area contributed by atoms with Gasteiger partial charge in [0.2, 0.25) is 5.91 Å². The fourth-order valence-corrected chi connectivity index (χ4v) is 2.99. The van der Waals surface area contributed by atoms with Gasteiger partial charge in [0.05, 0.1) is 12.7 Å². The number of nitrogens with one attached hydrogen (secondary N) is 2. The lowest BCUT2D eigenvalue weighted by Crippen LogP contribution is -2.48. The first-order chi connectivity index (χ1) is 14.6. The topological polar surface area (TPSA) is 107 Å². The Balaban J connectivity index is 1.64. The summed E-state index contributed by atoms with van der Waals surface area (Å²) in [4.78, 5) is 25.4. The van der Waals surface area contributed by atoms with Gasteiger partial charge >= 0.3 is 0 Å². The van der Waals surface area contributed by atoms with Gasteiger partial charge in [0.15, 0.2) is 12.0 Å². The van der Waals surface area contributed by atoms with Crippen LogP contribution < -0.4 is 10.6 Å². The van der Waals surface area contributed by atoms with E-state index < -0.39 is 18.2 Å². The quantitative estimate of drug-likeness (QED) is 0.506. The van der Waals surface area contributed by atoms with Crippen LogP contribution in [0.2, 0.25) is 0 Å². The molecule has 9 heteroatoms. The van der Waals surface area contributed by atoms with Crippen molar-refractivity contribution in [2.24, 2.45) is 0 Å². The largest absolute Gasteiger partial charge is 0.352 e. The summed E-state index contributed by atoms with van der Waals surface area (Å²) >= 11 is 0. The summed E-state index contributed by atoms with van der Waals surface area (Å²) < 4.78 is 12.5. The van der Waals surface area contributed by atoms with Gasteiger partial charge in [-0.05, 0) is 32.3 Å². The average molecular weight is 415 g/mol. The summed E-state index contributed by atoms with van der Waals surface area (Å²) in [6.45, 7) is 5.09. The minimum absolute atomic E-state index is 0.138. The second kappa shape index (κ2) is 10.8. The molecule has 3 rings (SSSR count). The summed E-state index contributed by atoms with van der Waals surface area (Å²) in [5, 5.41) is 13.7. The van der Waals surface area contributed by atoms with Crippen LogP contribution in [0.5, 0.6) is 0 Å². The number of aromatic nitrogens is 3. The lowest BCUT2D eigenvalue weighted by molar-refractivity contribution is -0.145. The van der Waals surface area contributed by atoms with Crippen molar-refractivity contribution in [1.29, 1.82) is 0 Å². The normalized spacial score (nSPS) is 14.5. The first kappa shape index (κ1) is 21.9. The minimum Gasteiger partial charge on any atom is -0.352 e. The highest BCUT2D eigenvalue weighted by Gasteiger charge is 2.29. The molecule has 9 nitrogen and oxygen atoms in total. The van der Waals surface area contributed by atoms with Crippen molar-refractivity contribution in [2.75, 3.05) is 13.2 Å². The number of rotatable bonds is 12. The van der Waals surface area contributed by atoms with Crippen LogP contribution in [0.15, 0.2) is 36.5 Å². The molecule has 0 spiro atoms. The van der Waals surface area contributed by atoms with Gasteiger partial charge in [-0.2, -0.15) is 0 Å². The van der Waals surface area contributed by atoms with Crippen molar-refractivity contribution < 1.29 is 19.1 Å². The van der Waals surface area contributed by atoms with Crippen LogP contribution in [0.1, 0.15) is 42.7 Å². The van der Waals surface area contributed by atoms with Crippen LogP contribution in [0.25, 0.3) is 0 Å². The number of ether oxygens (including phenoxy) is 2. The number of carbonyl (C=O) groups excluding carboxylic acids is 2. The molecular formula is C21H29N5O4. The van der Waals surface area contributed by atoms with E-state index in [0.717, 1.165) is 18.4 Å². The molecule has 1 aromatic carbocycles. The molecule has 1 unspecified atom stereocenters. The van der Waals surface area contributed by atoms with Gasteiger partial charge in [0.1, 0.15) is 6.04 Å². The molecule has 1 atom stereocenters. The molecule has 1 aliphatic carbocycles. The summed E-state index contributed by atoms with van der Waals surface area (Å²) in [6.07, 6.45) is 3.42. The molecular weight excluding hydrogens is 386 g/mol. The Morgan fingerprint density at radius 3 is 2.50 bits per heavy atom. The van der Waals surface area contributed by atoms with Crippen molar-refractivity contribution in [2.45, 2.75) is 58.0 Å². The zero-order valence-corrected chi connectivity index (χ0v) is 17.4. The highest BCUT2D eigenvalue weighted by molar-refractivity contribution is 5.96. The maximum atomic E-state index is 12.7. The zero-order chi connectivity index (χ0) is 21.3. The van der Waals surface area contributed by atoms with Crippen molar-refractivity contribution in [3.8, 4) is 0 Å². The van der Waals surface area contributed by atoms with Gasteiger partial charge in [-0.25, -0.2) is 4.68 Å². The van der Waals surface area contributed by atoms with Crippen LogP contribution in [-0.4, -0.2) is 58.4 Å². The SMILES string of the molecule is CCOC(Cn1cc(C(=O)NC(Cc2ccccc2)C(=O)NC2CC2)nn1)OCC. The van der Waals surface area contributed by atoms with Gasteiger partial charge in [-0.3, -0.25) is 9.59 Å². The van der Waals surface area contributed by atoms with Crippen molar-refractivity contribution >= 4 is 11.8 Å². The third-order valence-electron chi connectivity index (χ3n) is 4.64. The van der Waals surface area contributed by atoms with Gasteiger partial charge < -0.3 is 20.1 Å². The van der Waals surface area contributed by atoms with Gasteiger partial charge in [-0.15, -0.1) is 5.10 Å². The Labute approximate surface area is 176 Å². The summed E-state index contributed by atoms with van der Waals surface area (Å²) in [6, 6.07) is 9.12. The van der Waals surface area contributed by atoms with E-state index in [1.165, 1.54) is 10.9 Å². The van der Waals surface area contributed by atoms with Crippen LogP contribution >= 0.6 is 0 Å². The molecule has 2 N–H and O–H groups in total. The molecule has 1 heterocycles. The number of hydrogen-bond donors (Lipinski definition) is 2. The Morgan fingerprint density at radius 1 is 1.17 bits per heavy atom. The van der Waals surface area contributed by atoms with Gasteiger partial charge in [0.25, 0.3) is 5.91 Å². The monoisotopic (exact) mass is 415 g/mol. The van der Waals surface area contributed by atoms with E-state index in [4.69, 9.17) is 9.47 Å².